The molecule has 0 radical (unpaired) electrons. The van der Waals surface area contributed by atoms with Gasteiger partial charge in [0.05, 0.1) is 23.6 Å². The number of amides is 1. The van der Waals surface area contributed by atoms with Gasteiger partial charge in [-0.25, -0.2) is 9.97 Å². The van der Waals surface area contributed by atoms with E-state index in [0.29, 0.717) is 18.2 Å². The second kappa shape index (κ2) is 11.7. The van der Waals surface area contributed by atoms with Crippen molar-refractivity contribution in [1.29, 1.82) is 0 Å². The standard InChI is InChI=1S/C32H41N5O2/c1-5-39-29-13-11-27(12-14-29)37(26-9-7-6-8-10-26)28-15-19-36(20-16-28)32(4)17-21-35(22-18-32)31(38)30-24(2)33-23-34-25(30)3/h6-14,23,28H,5,15-22H2,1-4H3. The average Bonchev–Trinajstić information content (AvgIpc) is 2.95. The third kappa shape index (κ3) is 5.78. The lowest BCUT2D eigenvalue weighted by molar-refractivity contribution is 0.0176. The lowest BCUT2D eigenvalue weighted by Crippen LogP contribution is -2.58. The molecule has 0 atom stereocenters. The number of piperidine rings is 2. The number of carbonyl (C=O) groups excluding carboxylic acids is 1. The van der Waals surface area contributed by atoms with Gasteiger partial charge in [0.2, 0.25) is 0 Å². The first-order chi connectivity index (χ1) is 18.9. The minimum atomic E-state index is 0.0696. The van der Waals surface area contributed by atoms with Crippen molar-refractivity contribution in [2.24, 2.45) is 0 Å². The molecular formula is C32H41N5O2. The zero-order valence-corrected chi connectivity index (χ0v) is 23.8. The topological polar surface area (TPSA) is 61.8 Å². The molecule has 0 spiro atoms. The maximum absolute atomic E-state index is 13.3. The van der Waals surface area contributed by atoms with Gasteiger partial charge < -0.3 is 14.5 Å². The van der Waals surface area contributed by atoms with E-state index in [1.807, 2.05) is 25.7 Å². The second-order valence-corrected chi connectivity index (χ2v) is 11.1. The van der Waals surface area contributed by atoms with Gasteiger partial charge in [-0.05, 0) is 89.8 Å². The molecular weight excluding hydrogens is 486 g/mol. The molecule has 39 heavy (non-hydrogen) atoms. The minimum Gasteiger partial charge on any atom is -0.494 e. The number of benzene rings is 2. The van der Waals surface area contributed by atoms with Crippen molar-refractivity contribution in [2.45, 2.75) is 65.0 Å². The number of ether oxygens (including phenoxy) is 1. The Kier molecular flexibility index (Phi) is 8.17. The number of aromatic nitrogens is 2. The highest BCUT2D eigenvalue weighted by molar-refractivity contribution is 5.96. The summed E-state index contributed by atoms with van der Waals surface area (Å²) >= 11 is 0. The summed E-state index contributed by atoms with van der Waals surface area (Å²) in [7, 11) is 0. The van der Waals surface area contributed by atoms with Crippen molar-refractivity contribution in [3.05, 3.63) is 77.9 Å². The fourth-order valence-corrected chi connectivity index (χ4v) is 6.26. The van der Waals surface area contributed by atoms with E-state index in [1.165, 1.54) is 17.7 Å². The number of anilines is 2. The molecule has 0 N–H and O–H groups in total. The number of hydrogen-bond acceptors (Lipinski definition) is 6. The Morgan fingerprint density at radius 1 is 0.923 bits per heavy atom. The maximum Gasteiger partial charge on any atom is 0.257 e. The maximum atomic E-state index is 13.3. The van der Waals surface area contributed by atoms with Crippen LogP contribution in [-0.2, 0) is 0 Å². The van der Waals surface area contributed by atoms with Gasteiger partial charge in [0, 0.05) is 49.1 Å². The third-order valence-corrected chi connectivity index (χ3v) is 8.62. The van der Waals surface area contributed by atoms with Crippen LogP contribution < -0.4 is 9.64 Å². The molecule has 0 saturated carbocycles. The summed E-state index contributed by atoms with van der Waals surface area (Å²) in [6, 6.07) is 19.7. The number of rotatable bonds is 7. The van der Waals surface area contributed by atoms with Crippen molar-refractivity contribution in [3.8, 4) is 5.75 Å². The predicted octanol–water partition coefficient (Wildman–Crippen LogP) is 5.79. The first kappa shape index (κ1) is 27.1. The van der Waals surface area contributed by atoms with Gasteiger partial charge in [-0.3, -0.25) is 9.69 Å². The minimum absolute atomic E-state index is 0.0696. The van der Waals surface area contributed by atoms with Gasteiger partial charge in [0.1, 0.15) is 12.1 Å². The largest absolute Gasteiger partial charge is 0.494 e. The number of hydrogen-bond donors (Lipinski definition) is 0. The van der Waals surface area contributed by atoms with Crippen LogP contribution in [0.2, 0.25) is 0 Å². The van der Waals surface area contributed by atoms with E-state index < -0.39 is 0 Å². The zero-order valence-electron chi connectivity index (χ0n) is 23.8. The lowest BCUT2D eigenvalue weighted by Gasteiger charge is -2.50. The van der Waals surface area contributed by atoms with Crippen molar-refractivity contribution >= 4 is 17.3 Å². The van der Waals surface area contributed by atoms with Crippen molar-refractivity contribution in [2.75, 3.05) is 37.7 Å². The van der Waals surface area contributed by atoms with Crippen LogP contribution >= 0.6 is 0 Å². The summed E-state index contributed by atoms with van der Waals surface area (Å²) in [6.07, 6.45) is 5.69. The first-order valence-electron chi connectivity index (χ1n) is 14.3. The fourth-order valence-electron chi connectivity index (χ4n) is 6.26. The van der Waals surface area contributed by atoms with Crippen LogP contribution in [0.4, 0.5) is 11.4 Å². The van der Waals surface area contributed by atoms with Crippen molar-refractivity contribution in [3.63, 3.8) is 0 Å². The summed E-state index contributed by atoms with van der Waals surface area (Å²) in [4.78, 5) is 29.0. The molecule has 0 unspecified atom stereocenters. The lowest BCUT2D eigenvalue weighted by atomic mass is 9.85. The highest BCUT2D eigenvalue weighted by Gasteiger charge is 2.40. The van der Waals surface area contributed by atoms with Gasteiger partial charge >= 0.3 is 0 Å². The van der Waals surface area contributed by atoms with E-state index in [1.54, 1.807) is 0 Å². The van der Waals surface area contributed by atoms with E-state index in [4.69, 9.17) is 4.74 Å². The Morgan fingerprint density at radius 3 is 2.10 bits per heavy atom. The molecule has 3 heterocycles. The van der Waals surface area contributed by atoms with Crippen LogP contribution in [-0.4, -0.2) is 70.0 Å². The molecule has 7 heteroatoms. The highest BCUT2D eigenvalue weighted by atomic mass is 16.5. The molecule has 0 bridgehead atoms. The van der Waals surface area contributed by atoms with Crippen LogP contribution in [0.15, 0.2) is 60.9 Å². The number of para-hydroxylation sites is 1. The van der Waals surface area contributed by atoms with E-state index >= 15 is 0 Å². The summed E-state index contributed by atoms with van der Waals surface area (Å²) in [5.41, 5.74) is 4.73. The summed E-state index contributed by atoms with van der Waals surface area (Å²) in [5, 5.41) is 0. The van der Waals surface area contributed by atoms with Gasteiger partial charge in [-0.1, -0.05) is 18.2 Å². The van der Waals surface area contributed by atoms with E-state index in [0.717, 1.165) is 69.0 Å². The normalized spacial score (nSPS) is 18.1. The van der Waals surface area contributed by atoms with Crippen LogP contribution in [0, 0.1) is 13.8 Å². The van der Waals surface area contributed by atoms with Gasteiger partial charge in [0.15, 0.2) is 0 Å². The summed E-state index contributed by atoms with van der Waals surface area (Å²) in [5.74, 6) is 0.979. The fraction of sp³-hybridized carbons (Fsp3) is 0.469. The first-order valence-corrected chi connectivity index (χ1v) is 14.3. The molecule has 5 rings (SSSR count). The predicted molar refractivity (Wildman–Crippen MR) is 156 cm³/mol. The molecule has 2 aliphatic rings. The molecule has 1 amide bonds. The Bertz CT molecular complexity index is 1230. The molecule has 2 aliphatic heterocycles. The van der Waals surface area contributed by atoms with Crippen LogP contribution in [0.1, 0.15) is 61.3 Å². The molecule has 0 aliphatic carbocycles. The smallest absolute Gasteiger partial charge is 0.257 e. The molecule has 3 aromatic rings. The average molecular weight is 528 g/mol. The zero-order chi connectivity index (χ0) is 27.4. The Balaban J connectivity index is 1.24. The molecule has 2 saturated heterocycles. The van der Waals surface area contributed by atoms with Gasteiger partial charge in [0.25, 0.3) is 5.91 Å². The Morgan fingerprint density at radius 2 is 1.51 bits per heavy atom. The Hall–Kier alpha value is -3.45. The SMILES string of the molecule is CCOc1ccc(N(c2ccccc2)C2CCN(C3(C)CCN(C(=O)c4c(C)ncnc4C)CC3)CC2)cc1. The van der Waals surface area contributed by atoms with Gasteiger partial charge in [-0.15, -0.1) is 0 Å². The number of carbonyl (C=O) groups is 1. The van der Waals surface area contributed by atoms with E-state index in [-0.39, 0.29) is 11.4 Å². The molecule has 206 valence electrons. The molecule has 2 aromatic carbocycles. The third-order valence-electron chi connectivity index (χ3n) is 8.62. The molecule has 7 nitrogen and oxygen atoms in total. The van der Waals surface area contributed by atoms with E-state index in [9.17, 15) is 4.79 Å². The van der Waals surface area contributed by atoms with Crippen molar-refractivity contribution < 1.29 is 9.53 Å². The molecule has 1 aromatic heterocycles. The number of aryl methyl sites for hydroxylation is 2. The molecule has 2 fully saturated rings. The quantitative estimate of drug-likeness (QED) is 0.388. The van der Waals surface area contributed by atoms with Crippen LogP contribution in [0.5, 0.6) is 5.75 Å². The number of likely N-dealkylation sites (tertiary alicyclic amines) is 2. The van der Waals surface area contributed by atoms with Crippen LogP contribution in [0.25, 0.3) is 0 Å². The van der Waals surface area contributed by atoms with Crippen molar-refractivity contribution in [1.82, 2.24) is 19.8 Å². The highest BCUT2D eigenvalue weighted by Crippen LogP contribution is 2.37. The Labute approximate surface area is 232 Å². The second-order valence-electron chi connectivity index (χ2n) is 11.1. The summed E-state index contributed by atoms with van der Waals surface area (Å²) < 4.78 is 5.69. The van der Waals surface area contributed by atoms with E-state index in [2.05, 4.69) is 81.3 Å². The van der Waals surface area contributed by atoms with Gasteiger partial charge in [-0.2, -0.15) is 0 Å². The number of nitrogens with zero attached hydrogens (tertiary/aromatic N) is 5. The summed E-state index contributed by atoms with van der Waals surface area (Å²) in [6.45, 7) is 12.5. The monoisotopic (exact) mass is 527 g/mol. The van der Waals surface area contributed by atoms with Crippen LogP contribution in [0.3, 0.4) is 0 Å².